The molecule has 1 aromatic heterocycles. The second kappa shape index (κ2) is 10.2. The fraction of sp³-hybridized carbons (Fsp3) is 0.280. The van der Waals surface area contributed by atoms with Gasteiger partial charge in [0, 0.05) is 36.1 Å². The van der Waals surface area contributed by atoms with E-state index in [1.54, 1.807) is 18.2 Å². The van der Waals surface area contributed by atoms with Crippen molar-refractivity contribution in [1.29, 1.82) is 0 Å². The molecule has 3 aromatic rings. The van der Waals surface area contributed by atoms with Gasteiger partial charge in [0.05, 0.1) is 22.8 Å². The Kier molecular flexibility index (Phi) is 7.27. The van der Waals surface area contributed by atoms with Gasteiger partial charge in [0.2, 0.25) is 10.0 Å². The quantitative estimate of drug-likeness (QED) is 0.451. The summed E-state index contributed by atoms with van der Waals surface area (Å²) in [5.74, 6) is -0.338. The summed E-state index contributed by atoms with van der Waals surface area (Å²) in [5.41, 5.74) is 2.00. The zero-order chi connectivity index (χ0) is 24.3. The van der Waals surface area contributed by atoms with E-state index in [1.165, 1.54) is 32.7 Å². The van der Waals surface area contributed by atoms with Crippen molar-refractivity contribution in [3.05, 3.63) is 78.2 Å². The van der Waals surface area contributed by atoms with Crippen LogP contribution in [0.4, 0.5) is 5.13 Å². The maximum absolute atomic E-state index is 13.5. The Morgan fingerprint density at radius 3 is 2.56 bits per heavy atom. The van der Waals surface area contributed by atoms with E-state index in [1.807, 2.05) is 49.6 Å². The van der Waals surface area contributed by atoms with Crippen molar-refractivity contribution in [2.24, 2.45) is 0 Å². The van der Waals surface area contributed by atoms with Crippen molar-refractivity contribution in [2.75, 3.05) is 24.5 Å². The fourth-order valence-corrected chi connectivity index (χ4v) is 6.41. The van der Waals surface area contributed by atoms with Crippen molar-refractivity contribution < 1.29 is 17.9 Å². The van der Waals surface area contributed by atoms with E-state index in [4.69, 9.17) is 4.74 Å². The van der Waals surface area contributed by atoms with Gasteiger partial charge in [-0.15, -0.1) is 17.9 Å². The zero-order valence-electron chi connectivity index (χ0n) is 19.1. The maximum Gasteiger partial charge on any atom is 0.260 e. The van der Waals surface area contributed by atoms with E-state index >= 15 is 0 Å². The lowest BCUT2D eigenvalue weighted by atomic mass is 10.2. The molecule has 9 heteroatoms. The molecule has 1 fully saturated rings. The number of sulfonamides is 1. The second-order valence-corrected chi connectivity index (χ2v) is 11.0. The normalized spacial score (nSPS) is 19.0. The minimum atomic E-state index is -3.77. The number of hydrogen-bond donors (Lipinski definition) is 0. The van der Waals surface area contributed by atoms with Gasteiger partial charge < -0.3 is 4.74 Å². The molecule has 0 spiro atoms. The molecule has 1 aliphatic rings. The molecule has 1 aliphatic heterocycles. The molecule has 4 rings (SSSR count). The summed E-state index contributed by atoms with van der Waals surface area (Å²) < 4.78 is 33.7. The van der Waals surface area contributed by atoms with Crippen LogP contribution in [0.15, 0.2) is 77.5 Å². The minimum Gasteiger partial charge on any atom is -0.373 e. The van der Waals surface area contributed by atoms with E-state index in [9.17, 15) is 13.2 Å². The monoisotopic (exact) mass is 497 g/mol. The number of carbonyl (C=O) groups excluding carboxylic acids is 1. The SMILES string of the molecule is C=CCN(C(=O)c1cccc(S(=O)(=O)N2CC(C)OC(C)C2)c1)c1nc(-c2ccccc2)cs1. The highest BCUT2D eigenvalue weighted by Crippen LogP contribution is 2.29. The summed E-state index contributed by atoms with van der Waals surface area (Å²) >= 11 is 1.35. The molecule has 2 heterocycles. The van der Waals surface area contributed by atoms with Gasteiger partial charge in [-0.25, -0.2) is 13.4 Å². The number of anilines is 1. The summed E-state index contributed by atoms with van der Waals surface area (Å²) in [5, 5.41) is 2.42. The summed E-state index contributed by atoms with van der Waals surface area (Å²) in [6.45, 7) is 8.26. The van der Waals surface area contributed by atoms with Crippen LogP contribution in [0.1, 0.15) is 24.2 Å². The van der Waals surface area contributed by atoms with Crippen LogP contribution in [-0.4, -0.2) is 55.5 Å². The molecule has 7 nitrogen and oxygen atoms in total. The Labute approximate surface area is 204 Å². The highest BCUT2D eigenvalue weighted by molar-refractivity contribution is 7.89. The first-order chi connectivity index (χ1) is 16.3. The number of amides is 1. The van der Waals surface area contributed by atoms with Gasteiger partial charge in [0.1, 0.15) is 0 Å². The number of carbonyl (C=O) groups is 1. The van der Waals surface area contributed by atoms with Crippen LogP contribution in [0.5, 0.6) is 0 Å². The van der Waals surface area contributed by atoms with E-state index in [0.717, 1.165) is 11.3 Å². The number of aromatic nitrogens is 1. The second-order valence-electron chi connectivity index (χ2n) is 8.19. The maximum atomic E-state index is 13.5. The Morgan fingerprint density at radius 1 is 1.18 bits per heavy atom. The molecular weight excluding hydrogens is 470 g/mol. The molecule has 1 saturated heterocycles. The van der Waals surface area contributed by atoms with Gasteiger partial charge in [-0.3, -0.25) is 9.69 Å². The first-order valence-electron chi connectivity index (χ1n) is 11.0. The van der Waals surface area contributed by atoms with E-state index in [2.05, 4.69) is 11.6 Å². The standard InChI is InChI=1S/C25H27N3O4S2/c1-4-13-28(25-26-23(17-33-25)20-9-6-5-7-10-20)24(29)21-11-8-12-22(14-21)34(30,31)27-15-18(2)32-19(3)16-27/h4-12,14,17-19H,1,13,15-16H2,2-3H3. The lowest BCUT2D eigenvalue weighted by Crippen LogP contribution is -2.48. The van der Waals surface area contributed by atoms with Crippen LogP contribution in [0, 0.1) is 0 Å². The number of benzene rings is 2. The van der Waals surface area contributed by atoms with Crippen LogP contribution in [0.25, 0.3) is 11.3 Å². The number of ether oxygens (including phenoxy) is 1. The summed E-state index contributed by atoms with van der Waals surface area (Å²) in [6, 6.07) is 15.9. The average Bonchev–Trinajstić information content (AvgIpc) is 3.32. The van der Waals surface area contributed by atoms with Gasteiger partial charge in [0.25, 0.3) is 5.91 Å². The predicted octanol–water partition coefficient (Wildman–Crippen LogP) is 4.44. The third-order valence-electron chi connectivity index (χ3n) is 5.45. The highest BCUT2D eigenvalue weighted by atomic mass is 32.2. The summed E-state index contributed by atoms with van der Waals surface area (Å²) in [6.07, 6.45) is 1.23. The molecule has 0 aliphatic carbocycles. The van der Waals surface area contributed by atoms with Crippen molar-refractivity contribution in [3.63, 3.8) is 0 Å². The molecule has 2 aromatic carbocycles. The minimum absolute atomic E-state index is 0.0855. The van der Waals surface area contributed by atoms with Crippen molar-refractivity contribution in [1.82, 2.24) is 9.29 Å². The number of rotatable bonds is 7. The highest BCUT2D eigenvalue weighted by Gasteiger charge is 2.33. The van der Waals surface area contributed by atoms with Crippen molar-refractivity contribution >= 4 is 32.4 Å². The first-order valence-corrected chi connectivity index (χ1v) is 13.3. The van der Waals surface area contributed by atoms with Crippen LogP contribution in [0.3, 0.4) is 0 Å². The molecular formula is C25H27N3O4S2. The molecule has 0 bridgehead atoms. The summed E-state index contributed by atoms with van der Waals surface area (Å²) in [7, 11) is -3.77. The number of morpholine rings is 1. The Hall–Kier alpha value is -2.85. The zero-order valence-corrected chi connectivity index (χ0v) is 20.8. The van der Waals surface area contributed by atoms with Crippen LogP contribution >= 0.6 is 11.3 Å². The summed E-state index contributed by atoms with van der Waals surface area (Å²) in [4.78, 5) is 19.7. The van der Waals surface area contributed by atoms with Gasteiger partial charge in [-0.1, -0.05) is 42.5 Å². The van der Waals surface area contributed by atoms with Gasteiger partial charge in [-0.05, 0) is 32.0 Å². The molecule has 0 saturated carbocycles. The van der Waals surface area contributed by atoms with Gasteiger partial charge >= 0.3 is 0 Å². The number of nitrogens with zero attached hydrogens (tertiary/aromatic N) is 3. The molecule has 1 amide bonds. The van der Waals surface area contributed by atoms with E-state index < -0.39 is 10.0 Å². The largest absolute Gasteiger partial charge is 0.373 e. The Balaban J connectivity index is 1.62. The Bertz CT molecular complexity index is 1260. The van der Waals surface area contributed by atoms with Gasteiger partial charge in [0.15, 0.2) is 5.13 Å². The van der Waals surface area contributed by atoms with E-state index in [0.29, 0.717) is 5.13 Å². The first kappa shape index (κ1) is 24.3. The average molecular weight is 498 g/mol. The fourth-order valence-electron chi connectivity index (χ4n) is 3.93. The number of thiazole rings is 1. The molecule has 2 atom stereocenters. The molecule has 178 valence electrons. The number of hydrogen-bond acceptors (Lipinski definition) is 6. The molecule has 34 heavy (non-hydrogen) atoms. The molecule has 0 N–H and O–H groups in total. The van der Waals surface area contributed by atoms with Crippen LogP contribution < -0.4 is 4.90 Å². The van der Waals surface area contributed by atoms with Crippen LogP contribution in [0.2, 0.25) is 0 Å². The molecule has 0 radical (unpaired) electrons. The van der Waals surface area contributed by atoms with E-state index in [-0.39, 0.29) is 48.2 Å². The Morgan fingerprint density at radius 2 is 1.88 bits per heavy atom. The van der Waals surface area contributed by atoms with Crippen molar-refractivity contribution in [3.8, 4) is 11.3 Å². The lowest BCUT2D eigenvalue weighted by molar-refractivity contribution is -0.0440. The topological polar surface area (TPSA) is 79.8 Å². The molecule has 2 unspecified atom stereocenters. The van der Waals surface area contributed by atoms with Gasteiger partial charge in [-0.2, -0.15) is 4.31 Å². The van der Waals surface area contributed by atoms with Crippen LogP contribution in [-0.2, 0) is 14.8 Å². The van der Waals surface area contributed by atoms with Crippen molar-refractivity contribution in [2.45, 2.75) is 31.0 Å². The third-order valence-corrected chi connectivity index (χ3v) is 8.15. The lowest BCUT2D eigenvalue weighted by Gasteiger charge is -2.34. The third kappa shape index (κ3) is 5.12. The smallest absolute Gasteiger partial charge is 0.260 e. The predicted molar refractivity (Wildman–Crippen MR) is 135 cm³/mol.